The Hall–Kier alpha value is -1.39. The van der Waals surface area contributed by atoms with Gasteiger partial charge < -0.3 is 16.0 Å². The minimum atomic E-state index is -0.552. The van der Waals surface area contributed by atoms with E-state index in [-0.39, 0.29) is 5.91 Å². The molecule has 1 fully saturated rings. The maximum Gasteiger partial charge on any atom is 0.244 e. The molecule has 3 atom stereocenters. The molecule has 18 heavy (non-hydrogen) atoms. The molecule has 1 heterocycles. The van der Waals surface area contributed by atoms with Gasteiger partial charge >= 0.3 is 0 Å². The van der Waals surface area contributed by atoms with Crippen LogP contribution in [-0.2, 0) is 4.79 Å². The molecule has 0 aromatic heterocycles. The highest BCUT2D eigenvalue weighted by Crippen LogP contribution is 2.15. The first-order chi connectivity index (χ1) is 8.58. The minimum Gasteiger partial charge on any atom is -0.338 e. The monoisotopic (exact) mass is 247 g/mol. The van der Waals surface area contributed by atoms with Crippen molar-refractivity contribution in [3.63, 3.8) is 0 Å². The van der Waals surface area contributed by atoms with Gasteiger partial charge in [-0.15, -0.1) is 0 Å². The van der Waals surface area contributed by atoms with Gasteiger partial charge in [0.25, 0.3) is 0 Å². The van der Waals surface area contributed by atoms with Crippen molar-refractivity contribution in [2.45, 2.75) is 32.0 Å². The molecule has 0 saturated carbocycles. The third kappa shape index (κ3) is 2.89. The van der Waals surface area contributed by atoms with E-state index in [1.165, 1.54) is 0 Å². The van der Waals surface area contributed by atoms with Gasteiger partial charge in [0.05, 0.1) is 0 Å². The maximum atomic E-state index is 12.4. The molecular weight excluding hydrogens is 226 g/mol. The Morgan fingerprint density at radius 1 is 1.28 bits per heavy atom. The summed E-state index contributed by atoms with van der Waals surface area (Å²) in [6.07, 6.45) is 0. The lowest BCUT2D eigenvalue weighted by molar-refractivity contribution is -0.134. The van der Waals surface area contributed by atoms with E-state index in [0.717, 1.165) is 18.7 Å². The summed E-state index contributed by atoms with van der Waals surface area (Å²) in [4.78, 5) is 14.2. The second-order valence-electron chi connectivity index (χ2n) is 5.10. The summed E-state index contributed by atoms with van der Waals surface area (Å²) in [7, 11) is 0. The van der Waals surface area contributed by atoms with Crippen LogP contribution >= 0.6 is 0 Å². The first-order valence-electron chi connectivity index (χ1n) is 6.43. The average Bonchev–Trinajstić information content (AvgIpc) is 2.37. The van der Waals surface area contributed by atoms with Crippen LogP contribution in [0.15, 0.2) is 30.3 Å². The fourth-order valence-electron chi connectivity index (χ4n) is 2.51. The van der Waals surface area contributed by atoms with Gasteiger partial charge in [0.15, 0.2) is 0 Å². The standard InChI is InChI=1S/C14H21N3O/c1-10-8-17(9-11(2)16-10)14(18)13(15)12-6-4-3-5-7-12/h3-7,10-11,13,16H,8-9,15H2,1-2H3/t10-,11+,13-/m0/s1. The van der Waals surface area contributed by atoms with Crippen LogP contribution in [0.1, 0.15) is 25.5 Å². The summed E-state index contributed by atoms with van der Waals surface area (Å²) in [6.45, 7) is 5.63. The number of benzene rings is 1. The van der Waals surface area contributed by atoms with Crippen LogP contribution in [0.2, 0.25) is 0 Å². The second-order valence-corrected chi connectivity index (χ2v) is 5.10. The summed E-state index contributed by atoms with van der Waals surface area (Å²) >= 11 is 0. The highest BCUT2D eigenvalue weighted by molar-refractivity contribution is 5.83. The van der Waals surface area contributed by atoms with Crippen LogP contribution in [0.4, 0.5) is 0 Å². The highest BCUT2D eigenvalue weighted by atomic mass is 16.2. The molecule has 1 aromatic carbocycles. The van der Waals surface area contributed by atoms with Crippen LogP contribution in [0.3, 0.4) is 0 Å². The van der Waals surface area contributed by atoms with Gasteiger partial charge in [-0.2, -0.15) is 0 Å². The Labute approximate surface area is 108 Å². The zero-order valence-electron chi connectivity index (χ0n) is 11.0. The Kier molecular flexibility index (Phi) is 3.99. The molecule has 1 saturated heterocycles. The van der Waals surface area contributed by atoms with Crippen LogP contribution in [0, 0.1) is 0 Å². The van der Waals surface area contributed by atoms with Crippen molar-refractivity contribution in [2.24, 2.45) is 5.73 Å². The number of nitrogens with zero attached hydrogens (tertiary/aromatic N) is 1. The molecule has 0 bridgehead atoms. The molecule has 1 aliphatic heterocycles. The smallest absolute Gasteiger partial charge is 0.244 e. The third-order valence-corrected chi connectivity index (χ3v) is 3.29. The van der Waals surface area contributed by atoms with E-state index in [1.54, 1.807) is 0 Å². The topological polar surface area (TPSA) is 58.4 Å². The van der Waals surface area contributed by atoms with Gasteiger partial charge in [0, 0.05) is 25.2 Å². The lowest BCUT2D eigenvalue weighted by Crippen LogP contribution is -2.57. The highest BCUT2D eigenvalue weighted by Gasteiger charge is 2.28. The van der Waals surface area contributed by atoms with Gasteiger partial charge in [-0.05, 0) is 19.4 Å². The van der Waals surface area contributed by atoms with Gasteiger partial charge in [-0.25, -0.2) is 0 Å². The van der Waals surface area contributed by atoms with Crippen LogP contribution in [0.5, 0.6) is 0 Å². The molecule has 1 aliphatic rings. The molecule has 4 nitrogen and oxygen atoms in total. The molecule has 3 N–H and O–H groups in total. The van der Waals surface area contributed by atoms with Gasteiger partial charge in [-0.3, -0.25) is 4.79 Å². The number of nitrogens with one attached hydrogen (secondary N) is 1. The van der Waals surface area contributed by atoms with E-state index in [0.29, 0.717) is 12.1 Å². The Morgan fingerprint density at radius 2 is 1.83 bits per heavy atom. The van der Waals surface area contributed by atoms with Crippen molar-refractivity contribution in [1.29, 1.82) is 0 Å². The SMILES string of the molecule is C[C@@H]1CN(C(=O)[C@@H](N)c2ccccc2)C[C@H](C)N1. The number of carbonyl (C=O) groups is 1. The molecule has 0 spiro atoms. The molecular formula is C14H21N3O. The Balaban J connectivity index is 2.07. The van der Waals surface area contributed by atoms with Crippen molar-refractivity contribution in [3.8, 4) is 0 Å². The van der Waals surface area contributed by atoms with Crippen LogP contribution < -0.4 is 11.1 Å². The van der Waals surface area contributed by atoms with Crippen molar-refractivity contribution in [2.75, 3.05) is 13.1 Å². The van der Waals surface area contributed by atoms with Crippen molar-refractivity contribution >= 4 is 5.91 Å². The summed E-state index contributed by atoms with van der Waals surface area (Å²) in [5, 5.41) is 3.41. The largest absolute Gasteiger partial charge is 0.338 e. The first kappa shape index (κ1) is 13.1. The zero-order valence-corrected chi connectivity index (χ0v) is 11.0. The van der Waals surface area contributed by atoms with E-state index in [9.17, 15) is 4.79 Å². The first-order valence-corrected chi connectivity index (χ1v) is 6.43. The van der Waals surface area contributed by atoms with E-state index in [2.05, 4.69) is 19.2 Å². The fraction of sp³-hybridized carbons (Fsp3) is 0.500. The maximum absolute atomic E-state index is 12.4. The zero-order chi connectivity index (χ0) is 13.1. The van der Waals surface area contributed by atoms with Crippen LogP contribution in [-0.4, -0.2) is 36.0 Å². The summed E-state index contributed by atoms with van der Waals surface area (Å²) in [6, 6.07) is 9.63. The quantitative estimate of drug-likeness (QED) is 0.816. The second kappa shape index (κ2) is 5.50. The Bertz CT molecular complexity index is 397. The predicted molar refractivity (Wildman–Crippen MR) is 72.0 cm³/mol. The minimum absolute atomic E-state index is 0.0152. The van der Waals surface area contributed by atoms with Gasteiger partial charge in [0.1, 0.15) is 6.04 Å². The van der Waals surface area contributed by atoms with Crippen molar-refractivity contribution in [3.05, 3.63) is 35.9 Å². The average molecular weight is 247 g/mol. The number of amides is 1. The number of hydrogen-bond acceptors (Lipinski definition) is 3. The van der Waals surface area contributed by atoms with E-state index in [1.807, 2.05) is 35.2 Å². The molecule has 4 heteroatoms. The lowest BCUT2D eigenvalue weighted by Gasteiger charge is -2.37. The van der Waals surface area contributed by atoms with Crippen molar-refractivity contribution in [1.82, 2.24) is 10.2 Å². The summed E-state index contributed by atoms with van der Waals surface area (Å²) in [5.41, 5.74) is 6.92. The summed E-state index contributed by atoms with van der Waals surface area (Å²) < 4.78 is 0. The number of piperazine rings is 1. The molecule has 0 aliphatic carbocycles. The lowest BCUT2D eigenvalue weighted by atomic mass is 10.0. The van der Waals surface area contributed by atoms with E-state index >= 15 is 0 Å². The van der Waals surface area contributed by atoms with Crippen LogP contribution in [0.25, 0.3) is 0 Å². The van der Waals surface area contributed by atoms with Crippen molar-refractivity contribution < 1.29 is 4.79 Å². The number of rotatable bonds is 2. The predicted octanol–water partition coefficient (Wildman–Crippen LogP) is 0.895. The normalized spacial score (nSPS) is 25.8. The van der Waals surface area contributed by atoms with E-state index in [4.69, 9.17) is 5.73 Å². The Morgan fingerprint density at radius 3 is 2.39 bits per heavy atom. The number of carbonyl (C=O) groups excluding carboxylic acids is 1. The molecule has 0 radical (unpaired) electrons. The molecule has 2 rings (SSSR count). The summed E-state index contributed by atoms with van der Waals surface area (Å²) in [5.74, 6) is 0.0152. The third-order valence-electron chi connectivity index (χ3n) is 3.29. The molecule has 1 amide bonds. The number of nitrogens with two attached hydrogens (primary N) is 1. The molecule has 98 valence electrons. The molecule has 1 aromatic rings. The molecule has 0 unspecified atom stereocenters. The van der Waals surface area contributed by atoms with Gasteiger partial charge in [-0.1, -0.05) is 30.3 Å². The van der Waals surface area contributed by atoms with E-state index < -0.39 is 6.04 Å². The fourth-order valence-corrected chi connectivity index (χ4v) is 2.51. The van der Waals surface area contributed by atoms with Gasteiger partial charge in [0.2, 0.25) is 5.91 Å². The number of hydrogen-bond donors (Lipinski definition) is 2.